The molecule has 7 heteroatoms. The maximum Gasteiger partial charge on any atom is 0.276 e. The molecule has 0 unspecified atom stereocenters. The lowest BCUT2D eigenvalue weighted by atomic mass is 9.90. The number of rotatable bonds is 7. The molecular weight excluding hydrogens is 384 g/mol. The molecule has 1 aromatic rings. The molecule has 1 saturated carbocycles. The predicted octanol–water partition coefficient (Wildman–Crippen LogP) is 4.52. The van der Waals surface area contributed by atoms with Gasteiger partial charge in [0.1, 0.15) is 12.5 Å². The van der Waals surface area contributed by atoms with Crippen LogP contribution in [0.25, 0.3) is 0 Å². The van der Waals surface area contributed by atoms with Crippen molar-refractivity contribution in [1.29, 1.82) is 5.26 Å². The minimum Gasteiger partial charge on any atom is -0.453 e. The summed E-state index contributed by atoms with van der Waals surface area (Å²) in [5.41, 5.74) is 0.347. The molecule has 1 fully saturated rings. The first-order chi connectivity index (χ1) is 12.7. The van der Waals surface area contributed by atoms with Crippen molar-refractivity contribution in [1.82, 2.24) is 4.72 Å². The van der Waals surface area contributed by atoms with Crippen LogP contribution in [-0.4, -0.2) is 15.0 Å². The van der Waals surface area contributed by atoms with E-state index >= 15 is 0 Å². The Morgan fingerprint density at radius 1 is 1.33 bits per heavy atom. The first-order valence-electron chi connectivity index (χ1n) is 9.07. The molecule has 2 aliphatic rings. The summed E-state index contributed by atoms with van der Waals surface area (Å²) in [4.78, 5) is 0. The molecule has 5 nitrogen and oxygen atoms in total. The van der Waals surface area contributed by atoms with Crippen molar-refractivity contribution in [2.45, 2.75) is 63.0 Å². The molecule has 0 amide bonds. The van der Waals surface area contributed by atoms with Gasteiger partial charge in [-0.25, -0.2) is 8.93 Å². The van der Waals surface area contributed by atoms with E-state index in [1.165, 1.54) is 12.5 Å². The van der Waals surface area contributed by atoms with Crippen LogP contribution >= 0.6 is 11.6 Å². The van der Waals surface area contributed by atoms with Crippen LogP contribution in [0.1, 0.15) is 52.0 Å². The van der Waals surface area contributed by atoms with Crippen LogP contribution < -0.4 is 4.72 Å². The number of nitrogens with one attached hydrogen (secondary N) is 1. The molecule has 146 valence electrons. The molecule has 1 aromatic carbocycles. The number of nitrogens with zero attached hydrogens (tertiary/aromatic N) is 1. The molecule has 0 aromatic heterocycles. The van der Waals surface area contributed by atoms with Gasteiger partial charge in [-0.1, -0.05) is 23.7 Å². The Morgan fingerprint density at radius 3 is 2.52 bits per heavy atom. The van der Waals surface area contributed by atoms with Gasteiger partial charge >= 0.3 is 0 Å². The van der Waals surface area contributed by atoms with Gasteiger partial charge < -0.3 is 9.47 Å². The Balaban J connectivity index is 1.79. The van der Waals surface area contributed by atoms with Crippen LogP contribution in [0.4, 0.5) is 0 Å². The van der Waals surface area contributed by atoms with E-state index in [4.69, 9.17) is 21.1 Å². The maximum atomic E-state index is 12.7. The second kappa shape index (κ2) is 7.46. The van der Waals surface area contributed by atoms with E-state index in [0.29, 0.717) is 17.9 Å². The van der Waals surface area contributed by atoms with E-state index in [2.05, 4.69) is 10.8 Å². The smallest absolute Gasteiger partial charge is 0.276 e. The molecule has 1 aliphatic carbocycles. The van der Waals surface area contributed by atoms with Crippen LogP contribution in [0.5, 0.6) is 0 Å². The minimum absolute atomic E-state index is 0.202. The molecule has 3 rings (SSSR count). The number of halogens is 1. The molecule has 0 radical (unpaired) electrons. The van der Waals surface area contributed by atoms with Gasteiger partial charge in [-0.15, -0.1) is 0 Å². The Bertz CT molecular complexity index is 785. The summed E-state index contributed by atoms with van der Waals surface area (Å²) in [5.74, 6) is -0.973. The third-order valence-electron chi connectivity index (χ3n) is 5.08. The lowest BCUT2D eigenvalue weighted by molar-refractivity contribution is -0.157. The Labute approximate surface area is 168 Å². The highest BCUT2D eigenvalue weighted by molar-refractivity contribution is 7.84. The highest BCUT2D eigenvalue weighted by Crippen LogP contribution is 2.51. The summed E-state index contributed by atoms with van der Waals surface area (Å²) in [6.07, 6.45) is 5.76. The summed E-state index contributed by atoms with van der Waals surface area (Å²) in [5, 5.41) is 10.3. The zero-order valence-electron chi connectivity index (χ0n) is 15.8. The van der Waals surface area contributed by atoms with E-state index in [-0.39, 0.29) is 6.04 Å². The number of hydrogen-bond donors (Lipinski definition) is 1. The number of hydrogen-bond acceptors (Lipinski definition) is 4. The number of nitriles is 1. The van der Waals surface area contributed by atoms with E-state index in [1.807, 2.05) is 39.0 Å². The standard InChI is InChI=1S/C20H25ClN2O3S/c1-18(2,3)27(24)23-17(19(14-22)9-10-19)7-8-20(25-11-12-26-20)15-5-4-6-16(21)13-15/h4-6,11-13,17,23H,7-10H2,1-3H3/t17-,27+/m1/s1. The van der Waals surface area contributed by atoms with E-state index < -0.39 is 26.9 Å². The molecule has 0 saturated heterocycles. The normalized spacial score (nSPS) is 21.6. The number of benzene rings is 1. The van der Waals surface area contributed by atoms with Crippen molar-refractivity contribution in [3.63, 3.8) is 0 Å². The highest BCUT2D eigenvalue weighted by atomic mass is 35.5. The SMILES string of the molecule is CC(C)(C)[S@](=O)N[C@H](CCC1(c2cccc(Cl)c2)OC=CO1)C1(C#N)CC1. The first kappa shape index (κ1) is 20.2. The molecule has 1 N–H and O–H groups in total. The molecule has 0 spiro atoms. The fraction of sp³-hybridized carbons (Fsp3) is 0.550. The molecule has 1 heterocycles. The molecule has 2 atom stereocenters. The van der Waals surface area contributed by atoms with Crippen LogP contribution in [0.3, 0.4) is 0 Å². The predicted molar refractivity (Wildman–Crippen MR) is 106 cm³/mol. The van der Waals surface area contributed by atoms with Crippen LogP contribution in [0.15, 0.2) is 36.8 Å². The first-order valence-corrected chi connectivity index (χ1v) is 10.6. The third kappa shape index (κ3) is 4.31. The van der Waals surface area contributed by atoms with Crippen molar-refractivity contribution < 1.29 is 13.7 Å². The Kier molecular flexibility index (Phi) is 5.58. The minimum atomic E-state index is -1.26. The van der Waals surface area contributed by atoms with Crippen LogP contribution in [0, 0.1) is 16.7 Å². The van der Waals surface area contributed by atoms with Gasteiger partial charge in [-0.05, 0) is 52.2 Å². The van der Waals surface area contributed by atoms with E-state index in [0.717, 1.165) is 18.4 Å². The van der Waals surface area contributed by atoms with Crippen molar-refractivity contribution in [2.24, 2.45) is 5.41 Å². The quantitative estimate of drug-likeness (QED) is 0.720. The average Bonchev–Trinajstić information content (AvgIpc) is 3.27. The lowest BCUT2D eigenvalue weighted by Gasteiger charge is -2.32. The zero-order valence-corrected chi connectivity index (χ0v) is 17.4. The largest absolute Gasteiger partial charge is 0.453 e. The Morgan fingerprint density at radius 2 is 2.00 bits per heavy atom. The van der Waals surface area contributed by atoms with Gasteiger partial charge in [0, 0.05) is 23.0 Å². The van der Waals surface area contributed by atoms with Gasteiger partial charge in [0.05, 0.1) is 27.2 Å². The van der Waals surface area contributed by atoms with Gasteiger partial charge in [0.25, 0.3) is 5.79 Å². The summed E-state index contributed by atoms with van der Waals surface area (Å²) < 4.78 is 27.1. The second-order valence-corrected chi connectivity index (χ2v) is 10.6. The van der Waals surface area contributed by atoms with Crippen molar-refractivity contribution in [3.05, 3.63) is 47.4 Å². The number of ether oxygens (including phenoxy) is 2. The Hall–Kier alpha value is -1.55. The molecule has 27 heavy (non-hydrogen) atoms. The van der Waals surface area contributed by atoms with E-state index in [9.17, 15) is 9.47 Å². The van der Waals surface area contributed by atoms with Gasteiger partial charge in [-0.3, -0.25) is 0 Å². The lowest BCUT2D eigenvalue weighted by Crippen LogP contribution is -2.45. The van der Waals surface area contributed by atoms with Crippen molar-refractivity contribution in [2.75, 3.05) is 0 Å². The summed E-state index contributed by atoms with van der Waals surface area (Å²) in [6, 6.07) is 9.61. The molecule has 1 aliphatic heterocycles. The summed E-state index contributed by atoms with van der Waals surface area (Å²) in [7, 11) is -1.26. The average molecular weight is 409 g/mol. The third-order valence-corrected chi connectivity index (χ3v) is 6.93. The summed E-state index contributed by atoms with van der Waals surface area (Å²) >= 11 is 6.14. The maximum absolute atomic E-state index is 12.7. The molecular formula is C20H25ClN2O3S. The monoisotopic (exact) mass is 408 g/mol. The zero-order chi connectivity index (χ0) is 19.7. The fourth-order valence-electron chi connectivity index (χ4n) is 3.19. The highest BCUT2D eigenvalue weighted by Gasteiger charge is 2.52. The van der Waals surface area contributed by atoms with E-state index in [1.54, 1.807) is 6.07 Å². The van der Waals surface area contributed by atoms with Gasteiger partial charge in [0.2, 0.25) is 0 Å². The summed E-state index contributed by atoms with van der Waals surface area (Å²) in [6.45, 7) is 5.75. The fourth-order valence-corrected chi connectivity index (χ4v) is 4.33. The van der Waals surface area contributed by atoms with Gasteiger partial charge in [-0.2, -0.15) is 5.26 Å². The van der Waals surface area contributed by atoms with Gasteiger partial charge in [0.15, 0.2) is 0 Å². The van der Waals surface area contributed by atoms with Crippen molar-refractivity contribution >= 4 is 22.6 Å². The molecule has 0 bridgehead atoms. The van der Waals surface area contributed by atoms with Crippen LogP contribution in [0.2, 0.25) is 5.02 Å². The second-order valence-electron chi connectivity index (χ2n) is 8.13. The topological polar surface area (TPSA) is 71.3 Å². The van der Waals surface area contributed by atoms with Crippen molar-refractivity contribution in [3.8, 4) is 6.07 Å². The van der Waals surface area contributed by atoms with Crippen LogP contribution in [-0.2, 0) is 26.2 Å².